The summed E-state index contributed by atoms with van der Waals surface area (Å²) in [5, 5.41) is 8.78. The van der Waals surface area contributed by atoms with Crippen molar-refractivity contribution in [3.8, 4) is 11.8 Å². The van der Waals surface area contributed by atoms with Crippen LogP contribution in [0.1, 0.15) is 5.56 Å². The summed E-state index contributed by atoms with van der Waals surface area (Å²) in [7, 11) is 0. The zero-order valence-corrected chi connectivity index (χ0v) is 9.41. The highest BCUT2D eigenvalue weighted by Crippen LogP contribution is 2.21. The highest BCUT2D eigenvalue weighted by Gasteiger charge is 2.10. The molecule has 0 saturated carbocycles. The molecule has 5 nitrogen and oxygen atoms in total. The van der Waals surface area contributed by atoms with Gasteiger partial charge < -0.3 is 5.73 Å². The number of imidazole rings is 1. The van der Waals surface area contributed by atoms with Crippen LogP contribution in [0.3, 0.4) is 0 Å². The quantitative estimate of drug-likeness (QED) is 0.698. The van der Waals surface area contributed by atoms with E-state index in [1.165, 1.54) is 0 Å². The van der Waals surface area contributed by atoms with E-state index in [9.17, 15) is 0 Å². The Labute approximate surface area is 103 Å². The fourth-order valence-corrected chi connectivity index (χ4v) is 1.87. The van der Waals surface area contributed by atoms with Crippen molar-refractivity contribution in [2.75, 3.05) is 5.73 Å². The number of aromatic nitrogens is 3. The first-order valence-electron chi connectivity index (χ1n) is 5.39. The molecule has 1 aromatic carbocycles. The fraction of sp³-hybridized carbons (Fsp3) is 0. The molecule has 0 fully saturated rings. The van der Waals surface area contributed by atoms with Gasteiger partial charge >= 0.3 is 0 Å². The molecule has 3 aromatic rings. The van der Waals surface area contributed by atoms with Crippen molar-refractivity contribution < 1.29 is 0 Å². The Morgan fingerprint density at radius 1 is 1.17 bits per heavy atom. The lowest BCUT2D eigenvalue weighted by Crippen LogP contribution is -2.01. The minimum Gasteiger partial charge on any atom is -0.369 e. The van der Waals surface area contributed by atoms with Crippen molar-refractivity contribution in [2.24, 2.45) is 0 Å². The van der Waals surface area contributed by atoms with Crippen LogP contribution in [0.25, 0.3) is 16.9 Å². The first-order valence-corrected chi connectivity index (χ1v) is 5.39. The number of nitrogens with zero attached hydrogens (tertiary/aromatic N) is 4. The molecule has 3 rings (SSSR count). The second-order valence-electron chi connectivity index (χ2n) is 3.81. The van der Waals surface area contributed by atoms with Gasteiger partial charge in [-0.05, 0) is 36.4 Å². The number of hydrogen-bond donors (Lipinski definition) is 1. The summed E-state index contributed by atoms with van der Waals surface area (Å²) in [6, 6.07) is 12.9. The average molecular weight is 235 g/mol. The van der Waals surface area contributed by atoms with Gasteiger partial charge in [0.2, 0.25) is 5.95 Å². The molecule has 18 heavy (non-hydrogen) atoms. The third kappa shape index (κ3) is 1.48. The van der Waals surface area contributed by atoms with E-state index in [1.807, 2.05) is 24.3 Å². The highest BCUT2D eigenvalue weighted by atomic mass is 15.2. The zero-order chi connectivity index (χ0) is 12.5. The largest absolute Gasteiger partial charge is 0.369 e. The molecule has 0 amide bonds. The van der Waals surface area contributed by atoms with Gasteiger partial charge in [0.25, 0.3) is 0 Å². The van der Waals surface area contributed by atoms with Gasteiger partial charge in [0.1, 0.15) is 5.52 Å². The van der Waals surface area contributed by atoms with Gasteiger partial charge in [0, 0.05) is 6.20 Å². The van der Waals surface area contributed by atoms with Crippen LogP contribution in [-0.4, -0.2) is 14.5 Å². The molecule has 0 spiro atoms. The first kappa shape index (κ1) is 10.3. The molecule has 2 N–H and O–H groups in total. The maximum absolute atomic E-state index is 8.78. The molecule has 0 bridgehead atoms. The number of fused-ring (bicyclic) bond motifs is 1. The summed E-state index contributed by atoms with van der Waals surface area (Å²) in [4.78, 5) is 8.52. The van der Waals surface area contributed by atoms with Crippen LogP contribution in [0.15, 0.2) is 42.6 Å². The molecule has 0 saturated heterocycles. The second-order valence-corrected chi connectivity index (χ2v) is 3.81. The van der Waals surface area contributed by atoms with Crippen LogP contribution in [-0.2, 0) is 0 Å². The summed E-state index contributed by atoms with van der Waals surface area (Å²) in [6.07, 6.45) is 1.70. The monoisotopic (exact) mass is 235 g/mol. The Balaban J connectivity index is 2.24. The minimum atomic E-state index is 0.383. The van der Waals surface area contributed by atoms with E-state index >= 15 is 0 Å². The van der Waals surface area contributed by atoms with Crippen molar-refractivity contribution in [1.82, 2.24) is 14.5 Å². The van der Waals surface area contributed by atoms with E-state index in [0.29, 0.717) is 17.2 Å². The minimum absolute atomic E-state index is 0.383. The van der Waals surface area contributed by atoms with Crippen LogP contribution >= 0.6 is 0 Å². The number of nitrogen functional groups attached to an aromatic ring is 1. The Kier molecular flexibility index (Phi) is 2.21. The first-order chi connectivity index (χ1) is 8.79. The van der Waals surface area contributed by atoms with Crippen LogP contribution in [0, 0.1) is 11.3 Å². The van der Waals surface area contributed by atoms with Crippen molar-refractivity contribution >= 4 is 17.1 Å². The SMILES string of the molecule is N#Cc1ccc(-n2c(N)nc3cccnc32)cc1. The van der Waals surface area contributed by atoms with E-state index < -0.39 is 0 Å². The molecule has 0 unspecified atom stereocenters. The normalized spacial score (nSPS) is 10.4. The predicted octanol–water partition coefficient (Wildman–Crippen LogP) is 1.87. The van der Waals surface area contributed by atoms with Gasteiger partial charge in [0.15, 0.2) is 5.65 Å². The van der Waals surface area contributed by atoms with Gasteiger partial charge in [-0.15, -0.1) is 0 Å². The lowest BCUT2D eigenvalue weighted by atomic mass is 10.2. The summed E-state index contributed by atoms with van der Waals surface area (Å²) in [5.74, 6) is 0.383. The third-order valence-corrected chi connectivity index (χ3v) is 2.70. The summed E-state index contributed by atoms with van der Waals surface area (Å²) in [5.41, 5.74) is 8.81. The Hall–Kier alpha value is -2.87. The molecule has 0 aliphatic carbocycles. The Morgan fingerprint density at radius 3 is 2.67 bits per heavy atom. The zero-order valence-electron chi connectivity index (χ0n) is 9.41. The average Bonchev–Trinajstić information content (AvgIpc) is 2.75. The molecule has 86 valence electrons. The van der Waals surface area contributed by atoms with Crippen molar-refractivity contribution in [3.05, 3.63) is 48.2 Å². The molecular formula is C13H9N5. The summed E-state index contributed by atoms with van der Waals surface area (Å²) in [6.45, 7) is 0. The molecule has 5 heteroatoms. The van der Waals surface area contributed by atoms with Crippen LogP contribution in [0.5, 0.6) is 0 Å². The van der Waals surface area contributed by atoms with Crippen molar-refractivity contribution in [1.29, 1.82) is 5.26 Å². The third-order valence-electron chi connectivity index (χ3n) is 2.70. The van der Waals surface area contributed by atoms with Gasteiger partial charge in [-0.3, -0.25) is 4.57 Å². The van der Waals surface area contributed by atoms with Crippen LogP contribution < -0.4 is 5.73 Å². The second kappa shape index (κ2) is 3.86. The molecule has 0 radical (unpaired) electrons. The van der Waals surface area contributed by atoms with E-state index in [4.69, 9.17) is 11.0 Å². The van der Waals surface area contributed by atoms with Crippen LogP contribution in [0.4, 0.5) is 5.95 Å². The van der Waals surface area contributed by atoms with E-state index in [0.717, 1.165) is 11.2 Å². The highest BCUT2D eigenvalue weighted by molar-refractivity contribution is 5.76. The van der Waals surface area contributed by atoms with Gasteiger partial charge in [0.05, 0.1) is 17.3 Å². The van der Waals surface area contributed by atoms with Gasteiger partial charge in [-0.1, -0.05) is 0 Å². The standard InChI is InChI=1S/C13H9N5/c14-8-9-3-5-10(6-4-9)18-12-11(17-13(18)15)2-1-7-16-12/h1-7H,(H2,15,17). The lowest BCUT2D eigenvalue weighted by molar-refractivity contribution is 1.08. The van der Waals surface area contributed by atoms with Crippen molar-refractivity contribution in [2.45, 2.75) is 0 Å². The Bertz CT molecular complexity index is 749. The van der Waals surface area contributed by atoms with E-state index in [2.05, 4.69) is 16.0 Å². The van der Waals surface area contributed by atoms with Gasteiger partial charge in [-0.25, -0.2) is 9.97 Å². The molecule has 2 aromatic heterocycles. The number of nitrogens with two attached hydrogens (primary N) is 1. The number of hydrogen-bond acceptors (Lipinski definition) is 4. The number of anilines is 1. The van der Waals surface area contributed by atoms with Gasteiger partial charge in [-0.2, -0.15) is 5.26 Å². The van der Waals surface area contributed by atoms with E-state index in [-0.39, 0.29) is 0 Å². The molecular weight excluding hydrogens is 226 g/mol. The number of benzene rings is 1. The van der Waals surface area contributed by atoms with Crippen LogP contribution in [0.2, 0.25) is 0 Å². The maximum atomic E-state index is 8.78. The topological polar surface area (TPSA) is 80.5 Å². The number of nitriles is 1. The summed E-state index contributed by atoms with van der Waals surface area (Å²) < 4.78 is 1.76. The molecule has 0 aliphatic heterocycles. The summed E-state index contributed by atoms with van der Waals surface area (Å²) >= 11 is 0. The van der Waals surface area contributed by atoms with E-state index in [1.54, 1.807) is 22.9 Å². The van der Waals surface area contributed by atoms with Crippen molar-refractivity contribution in [3.63, 3.8) is 0 Å². The fourth-order valence-electron chi connectivity index (χ4n) is 1.87. The molecule has 0 aliphatic rings. The molecule has 0 atom stereocenters. The number of rotatable bonds is 1. The smallest absolute Gasteiger partial charge is 0.207 e. The maximum Gasteiger partial charge on any atom is 0.207 e. The predicted molar refractivity (Wildman–Crippen MR) is 68.0 cm³/mol. The molecule has 2 heterocycles. The lowest BCUT2D eigenvalue weighted by Gasteiger charge is -2.05. The Morgan fingerprint density at radius 2 is 1.94 bits per heavy atom. The number of pyridine rings is 1.